The van der Waals surface area contributed by atoms with Crippen molar-refractivity contribution in [1.29, 1.82) is 0 Å². The summed E-state index contributed by atoms with van der Waals surface area (Å²) in [6.07, 6.45) is 1.83. The molecule has 3 rings (SSSR count). The zero-order chi connectivity index (χ0) is 16.6. The average Bonchev–Trinajstić information content (AvgIpc) is 2.66. The molecule has 0 spiro atoms. The predicted molar refractivity (Wildman–Crippen MR) is 97.5 cm³/mol. The number of benzene rings is 3. The molecule has 0 aliphatic heterocycles. The fraction of sp³-hybridized carbons (Fsp3) is 0.0952. The molecule has 120 valence electrons. The Morgan fingerprint density at radius 3 is 2.38 bits per heavy atom. The van der Waals surface area contributed by atoms with Crippen LogP contribution >= 0.6 is 0 Å². The van der Waals surface area contributed by atoms with Gasteiger partial charge in [-0.3, -0.25) is 4.99 Å². The third-order valence-electron chi connectivity index (χ3n) is 3.54. The Kier molecular flexibility index (Phi) is 5.25. The van der Waals surface area contributed by atoms with Gasteiger partial charge in [0.25, 0.3) is 0 Å². The van der Waals surface area contributed by atoms with Gasteiger partial charge in [0, 0.05) is 6.21 Å². The van der Waals surface area contributed by atoms with Crippen molar-refractivity contribution in [2.75, 3.05) is 7.11 Å². The molecule has 0 heterocycles. The number of nitrogens with zero attached hydrogens (tertiary/aromatic N) is 1. The maximum Gasteiger partial charge on any atom is 0.120 e. The summed E-state index contributed by atoms with van der Waals surface area (Å²) < 4.78 is 11.0. The molecule has 0 fully saturated rings. The van der Waals surface area contributed by atoms with Gasteiger partial charge in [0.2, 0.25) is 0 Å². The van der Waals surface area contributed by atoms with Crippen LogP contribution in [-0.2, 0) is 6.61 Å². The maximum absolute atomic E-state index is 5.84. The largest absolute Gasteiger partial charge is 0.497 e. The van der Waals surface area contributed by atoms with Crippen LogP contribution in [-0.4, -0.2) is 13.3 Å². The van der Waals surface area contributed by atoms with Gasteiger partial charge in [-0.1, -0.05) is 42.5 Å². The van der Waals surface area contributed by atoms with Crippen LogP contribution in [0, 0.1) is 0 Å². The summed E-state index contributed by atoms with van der Waals surface area (Å²) >= 11 is 0. The second-order valence-corrected chi connectivity index (χ2v) is 5.30. The molecule has 0 atom stereocenters. The number of rotatable bonds is 6. The molecule has 0 bridgehead atoms. The first-order valence-corrected chi connectivity index (χ1v) is 7.78. The molecule has 0 N–H and O–H groups in total. The summed E-state index contributed by atoms with van der Waals surface area (Å²) in [6, 6.07) is 25.7. The summed E-state index contributed by atoms with van der Waals surface area (Å²) in [6.45, 7) is 0.555. The van der Waals surface area contributed by atoms with Crippen molar-refractivity contribution in [2.45, 2.75) is 6.61 Å². The topological polar surface area (TPSA) is 30.8 Å². The smallest absolute Gasteiger partial charge is 0.120 e. The van der Waals surface area contributed by atoms with E-state index in [0.717, 1.165) is 28.3 Å². The van der Waals surface area contributed by atoms with Crippen molar-refractivity contribution in [3.63, 3.8) is 0 Å². The molecule has 24 heavy (non-hydrogen) atoms. The summed E-state index contributed by atoms with van der Waals surface area (Å²) in [7, 11) is 1.65. The summed E-state index contributed by atoms with van der Waals surface area (Å²) in [5.74, 6) is 1.66. The van der Waals surface area contributed by atoms with Crippen LogP contribution < -0.4 is 9.47 Å². The van der Waals surface area contributed by atoms with Gasteiger partial charge >= 0.3 is 0 Å². The fourth-order valence-corrected chi connectivity index (χ4v) is 2.24. The van der Waals surface area contributed by atoms with Crippen molar-refractivity contribution in [1.82, 2.24) is 0 Å². The molecule has 0 radical (unpaired) electrons. The molecule has 0 amide bonds. The maximum atomic E-state index is 5.84. The quantitative estimate of drug-likeness (QED) is 0.597. The van der Waals surface area contributed by atoms with Crippen LogP contribution in [0.1, 0.15) is 11.1 Å². The van der Waals surface area contributed by atoms with E-state index in [4.69, 9.17) is 9.47 Å². The van der Waals surface area contributed by atoms with Crippen molar-refractivity contribution in [2.24, 2.45) is 4.99 Å². The van der Waals surface area contributed by atoms with Gasteiger partial charge in [-0.05, 0) is 47.5 Å². The van der Waals surface area contributed by atoms with E-state index >= 15 is 0 Å². The van der Waals surface area contributed by atoms with Crippen molar-refractivity contribution in [3.8, 4) is 11.5 Å². The van der Waals surface area contributed by atoms with E-state index in [0.29, 0.717) is 6.61 Å². The number of methoxy groups -OCH3 is 1. The molecule has 0 aromatic heterocycles. The van der Waals surface area contributed by atoms with Crippen LogP contribution in [0.3, 0.4) is 0 Å². The zero-order valence-electron chi connectivity index (χ0n) is 13.6. The Morgan fingerprint density at radius 1 is 0.833 bits per heavy atom. The molecule has 0 saturated carbocycles. The highest BCUT2D eigenvalue weighted by molar-refractivity contribution is 5.82. The van der Waals surface area contributed by atoms with Gasteiger partial charge < -0.3 is 9.47 Å². The van der Waals surface area contributed by atoms with E-state index in [9.17, 15) is 0 Å². The van der Waals surface area contributed by atoms with E-state index in [1.807, 2.05) is 72.9 Å². The normalized spacial score (nSPS) is 10.7. The Labute approximate surface area is 142 Å². The lowest BCUT2D eigenvalue weighted by atomic mass is 10.2. The molecule has 3 aromatic carbocycles. The third-order valence-corrected chi connectivity index (χ3v) is 3.54. The SMILES string of the molecule is COc1ccc(N=Cc2cccc(OCc3ccccc3)c2)cc1. The van der Waals surface area contributed by atoms with Gasteiger partial charge in [0.05, 0.1) is 12.8 Å². The van der Waals surface area contributed by atoms with Crippen LogP contribution in [0.5, 0.6) is 11.5 Å². The van der Waals surface area contributed by atoms with E-state index in [2.05, 4.69) is 17.1 Å². The first-order chi connectivity index (χ1) is 11.8. The Bertz CT molecular complexity index is 796. The molecule has 0 aliphatic carbocycles. The van der Waals surface area contributed by atoms with Crippen LogP contribution in [0.25, 0.3) is 0 Å². The molecular formula is C21H19NO2. The Balaban J connectivity index is 1.64. The van der Waals surface area contributed by atoms with E-state index in [-0.39, 0.29) is 0 Å². The molecule has 3 nitrogen and oxygen atoms in total. The third kappa shape index (κ3) is 4.46. The first kappa shape index (κ1) is 15.8. The standard InChI is InChI=1S/C21H19NO2/c1-23-20-12-10-19(11-13-20)22-15-18-8-5-9-21(14-18)24-16-17-6-3-2-4-7-17/h2-15H,16H2,1H3. The Hall–Kier alpha value is -3.07. The van der Waals surface area contributed by atoms with Gasteiger partial charge in [0.15, 0.2) is 0 Å². The van der Waals surface area contributed by atoms with Crippen molar-refractivity contribution < 1.29 is 9.47 Å². The lowest BCUT2D eigenvalue weighted by Crippen LogP contribution is -1.95. The molecule has 3 heteroatoms. The summed E-state index contributed by atoms with van der Waals surface area (Å²) in [5.41, 5.74) is 3.03. The van der Waals surface area contributed by atoms with Gasteiger partial charge in [-0.25, -0.2) is 0 Å². The summed E-state index contributed by atoms with van der Waals surface area (Å²) in [4.78, 5) is 4.48. The number of hydrogen-bond acceptors (Lipinski definition) is 3. The second-order valence-electron chi connectivity index (χ2n) is 5.30. The first-order valence-electron chi connectivity index (χ1n) is 7.78. The van der Waals surface area contributed by atoms with Gasteiger partial charge in [0.1, 0.15) is 18.1 Å². The van der Waals surface area contributed by atoms with Crippen LogP contribution in [0.4, 0.5) is 5.69 Å². The van der Waals surface area contributed by atoms with Gasteiger partial charge in [-0.2, -0.15) is 0 Å². The van der Waals surface area contributed by atoms with Crippen molar-refractivity contribution >= 4 is 11.9 Å². The number of ether oxygens (including phenoxy) is 2. The highest BCUT2D eigenvalue weighted by atomic mass is 16.5. The predicted octanol–water partition coefficient (Wildman–Crippen LogP) is 5.02. The minimum Gasteiger partial charge on any atom is -0.497 e. The number of hydrogen-bond donors (Lipinski definition) is 0. The zero-order valence-corrected chi connectivity index (χ0v) is 13.6. The molecular weight excluding hydrogens is 298 g/mol. The van der Waals surface area contributed by atoms with E-state index < -0.39 is 0 Å². The Morgan fingerprint density at radius 2 is 1.62 bits per heavy atom. The number of aliphatic imine (C=N–C) groups is 1. The minimum absolute atomic E-state index is 0.555. The van der Waals surface area contributed by atoms with E-state index in [1.54, 1.807) is 7.11 Å². The van der Waals surface area contributed by atoms with E-state index in [1.165, 1.54) is 0 Å². The van der Waals surface area contributed by atoms with Crippen LogP contribution in [0.2, 0.25) is 0 Å². The highest BCUT2D eigenvalue weighted by Gasteiger charge is 1.97. The monoisotopic (exact) mass is 317 g/mol. The van der Waals surface area contributed by atoms with Crippen LogP contribution in [0.15, 0.2) is 83.9 Å². The second kappa shape index (κ2) is 7.97. The fourth-order valence-electron chi connectivity index (χ4n) is 2.24. The highest BCUT2D eigenvalue weighted by Crippen LogP contribution is 2.19. The van der Waals surface area contributed by atoms with Gasteiger partial charge in [-0.15, -0.1) is 0 Å². The molecule has 0 aliphatic rings. The molecule has 0 unspecified atom stereocenters. The lowest BCUT2D eigenvalue weighted by molar-refractivity contribution is 0.306. The average molecular weight is 317 g/mol. The molecule has 0 saturated heterocycles. The summed E-state index contributed by atoms with van der Waals surface area (Å²) in [5, 5.41) is 0. The molecule has 3 aromatic rings. The lowest BCUT2D eigenvalue weighted by Gasteiger charge is -2.06. The minimum atomic E-state index is 0.555. The van der Waals surface area contributed by atoms with Crippen molar-refractivity contribution in [3.05, 3.63) is 90.0 Å².